The van der Waals surface area contributed by atoms with Crippen molar-refractivity contribution >= 4 is 30.1 Å². The first-order valence-corrected chi connectivity index (χ1v) is 13.0. The Morgan fingerprint density at radius 2 is 1.53 bits per heavy atom. The van der Waals surface area contributed by atoms with E-state index in [9.17, 15) is 5.26 Å². The molecule has 5 rings (SSSR count). The average Bonchev–Trinajstić information content (AvgIpc) is 3.37. The van der Waals surface area contributed by atoms with Crippen LogP contribution in [0.4, 0.5) is 0 Å². The highest BCUT2D eigenvalue weighted by Crippen LogP contribution is 2.39. The maximum atomic E-state index is 10.1. The van der Waals surface area contributed by atoms with Crippen LogP contribution in [0.1, 0.15) is 67.5 Å². The molecule has 1 saturated heterocycles. The molecule has 4 heteroatoms. The molecule has 36 heavy (non-hydrogen) atoms. The second-order valence-electron chi connectivity index (χ2n) is 10.3. The van der Waals surface area contributed by atoms with Gasteiger partial charge in [0.25, 0.3) is 0 Å². The number of H-pyrrole nitrogens is 1. The molecule has 3 nitrogen and oxygen atoms in total. The molecule has 1 aliphatic carbocycles. The standard InChI is InChI=1S/C32H35N3.ClH/c1-24(2)32(23-33,30-13-7-19-34-30)18-8-20-35-21-16-27(17-22-35)31-28-11-5-3-9-25(28)14-15-26-10-4-6-12-29(26)31;/h3-7,9-15,19,24,34H,8,16-18,20-22H2,1-2H3;1H. The highest BCUT2D eigenvalue weighted by molar-refractivity contribution is 5.94. The van der Waals surface area contributed by atoms with Gasteiger partial charge in [-0.15, -0.1) is 12.4 Å². The van der Waals surface area contributed by atoms with Crippen molar-refractivity contribution in [1.82, 2.24) is 9.88 Å². The summed E-state index contributed by atoms with van der Waals surface area (Å²) in [5, 5.41) is 10.1. The summed E-state index contributed by atoms with van der Waals surface area (Å²) < 4.78 is 0. The number of piperidine rings is 1. The van der Waals surface area contributed by atoms with Crippen LogP contribution in [0.3, 0.4) is 0 Å². The van der Waals surface area contributed by atoms with E-state index in [2.05, 4.69) is 96.5 Å². The van der Waals surface area contributed by atoms with E-state index >= 15 is 0 Å². The van der Waals surface area contributed by atoms with Gasteiger partial charge in [0.15, 0.2) is 0 Å². The monoisotopic (exact) mass is 497 g/mol. The van der Waals surface area contributed by atoms with E-state index in [1.807, 2.05) is 12.3 Å². The van der Waals surface area contributed by atoms with Crippen LogP contribution in [-0.2, 0) is 5.41 Å². The third-order valence-corrected chi connectivity index (χ3v) is 8.03. The summed E-state index contributed by atoms with van der Waals surface area (Å²) in [6.45, 7) is 7.55. The molecule has 2 aliphatic rings. The Labute approximate surface area is 222 Å². The number of benzene rings is 2. The fraction of sp³-hybridized carbons (Fsp3) is 0.344. The highest BCUT2D eigenvalue weighted by Gasteiger charge is 2.36. The topological polar surface area (TPSA) is 42.8 Å². The lowest BCUT2D eigenvalue weighted by Gasteiger charge is -2.33. The third-order valence-electron chi connectivity index (χ3n) is 8.03. The van der Waals surface area contributed by atoms with Gasteiger partial charge in [-0.3, -0.25) is 0 Å². The smallest absolute Gasteiger partial charge is 0.0994 e. The van der Waals surface area contributed by atoms with Crippen molar-refractivity contribution in [3.05, 3.63) is 100 Å². The normalized spacial score (nSPS) is 16.9. The van der Waals surface area contributed by atoms with E-state index in [4.69, 9.17) is 0 Å². The molecular formula is C32H36ClN3. The molecule has 186 valence electrons. The molecule has 2 heterocycles. The molecule has 1 atom stereocenters. The third kappa shape index (κ3) is 4.94. The molecule has 0 bridgehead atoms. The number of nitrogens with one attached hydrogen (secondary N) is 1. The lowest BCUT2D eigenvalue weighted by molar-refractivity contribution is 0.237. The Kier molecular flexibility index (Phi) is 8.19. The van der Waals surface area contributed by atoms with Crippen molar-refractivity contribution < 1.29 is 0 Å². The van der Waals surface area contributed by atoms with Crippen molar-refractivity contribution in [2.24, 2.45) is 5.92 Å². The summed E-state index contributed by atoms with van der Waals surface area (Å²) in [5.41, 5.74) is 8.96. The number of halogens is 1. The Bertz CT molecular complexity index is 1220. The van der Waals surface area contributed by atoms with Gasteiger partial charge in [0.2, 0.25) is 0 Å². The minimum absolute atomic E-state index is 0. The SMILES string of the molecule is CC(C)C(C#N)(CCCN1CCC(=C2c3ccccc3C=Cc3ccccc32)CC1)c1ccc[nH]1.Cl. The Morgan fingerprint density at radius 1 is 0.917 bits per heavy atom. The molecule has 0 amide bonds. The second kappa shape index (κ2) is 11.3. The van der Waals surface area contributed by atoms with Crippen LogP contribution in [-0.4, -0.2) is 29.5 Å². The molecule has 1 fully saturated rings. The number of aromatic nitrogens is 1. The lowest BCUT2D eigenvalue weighted by Crippen LogP contribution is -2.35. The van der Waals surface area contributed by atoms with E-state index < -0.39 is 5.41 Å². The predicted molar refractivity (Wildman–Crippen MR) is 153 cm³/mol. The first-order valence-electron chi connectivity index (χ1n) is 13.0. The van der Waals surface area contributed by atoms with Crippen LogP contribution in [0.5, 0.6) is 0 Å². The van der Waals surface area contributed by atoms with Gasteiger partial charge in [0.05, 0.1) is 11.5 Å². The Morgan fingerprint density at radius 3 is 2.06 bits per heavy atom. The molecule has 1 aliphatic heterocycles. The van der Waals surface area contributed by atoms with Crippen LogP contribution < -0.4 is 0 Å². The Balaban J connectivity index is 0.00000304. The van der Waals surface area contributed by atoms with Crippen LogP contribution in [0, 0.1) is 17.2 Å². The van der Waals surface area contributed by atoms with Gasteiger partial charge in [-0.2, -0.15) is 5.26 Å². The number of hydrogen-bond acceptors (Lipinski definition) is 2. The van der Waals surface area contributed by atoms with Crippen molar-refractivity contribution in [1.29, 1.82) is 5.26 Å². The molecule has 1 unspecified atom stereocenters. The minimum Gasteiger partial charge on any atom is -0.364 e. The molecule has 0 radical (unpaired) electrons. The number of likely N-dealkylation sites (tertiary alicyclic amines) is 1. The minimum atomic E-state index is -0.437. The van der Waals surface area contributed by atoms with Crippen LogP contribution in [0.15, 0.2) is 72.4 Å². The van der Waals surface area contributed by atoms with E-state index in [0.29, 0.717) is 0 Å². The molecular weight excluding hydrogens is 462 g/mol. The molecule has 3 aromatic rings. The molecule has 2 aromatic carbocycles. The Hall–Kier alpha value is -3.06. The van der Waals surface area contributed by atoms with E-state index in [0.717, 1.165) is 51.0 Å². The maximum absolute atomic E-state index is 10.1. The number of hydrogen-bond donors (Lipinski definition) is 1. The number of fused-ring (bicyclic) bond motifs is 2. The largest absolute Gasteiger partial charge is 0.364 e. The maximum Gasteiger partial charge on any atom is 0.0994 e. The second-order valence-corrected chi connectivity index (χ2v) is 10.3. The van der Waals surface area contributed by atoms with E-state index in [1.54, 1.807) is 5.57 Å². The lowest BCUT2D eigenvalue weighted by atomic mass is 9.72. The first-order chi connectivity index (χ1) is 17.1. The molecule has 1 N–H and O–H groups in total. The van der Waals surface area contributed by atoms with Gasteiger partial charge < -0.3 is 9.88 Å². The van der Waals surface area contributed by atoms with E-state index in [1.165, 1.54) is 27.8 Å². The highest BCUT2D eigenvalue weighted by atomic mass is 35.5. The van der Waals surface area contributed by atoms with Gasteiger partial charge in [-0.25, -0.2) is 0 Å². The number of rotatable bonds is 6. The van der Waals surface area contributed by atoms with E-state index in [-0.39, 0.29) is 18.3 Å². The summed E-state index contributed by atoms with van der Waals surface area (Å²) in [7, 11) is 0. The van der Waals surface area contributed by atoms with Gasteiger partial charge in [-0.1, -0.05) is 80.1 Å². The van der Waals surface area contributed by atoms with Crippen LogP contribution in [0.2, 0.25) is 0 Å². The predicted octanol–water partition coefficient (Wildman–Crippen LogP) is 7.72. The first kappa shape index (κ1) is 26.0. The van der Waals surface area contributed by atoms with Crippen molar-refractivity contribution in [2.45, 2.75) is 44.9 Å². The zero-order valence-electron chi connectivity index (χ0n) is 21.3. The fourth-order valence-corrected chi connectivity index (χ4v) is 5.91. The van der Waals surface area contributed by atoms with Crippen LogP contribution in [0.25, 0.3) is 17.7 Å². The summed E-state index contributed by atoms with van der Waals surface area (Å²) >= 11 is 0. The van der Waals surface area contributed by atoms with Crippen molar-refractivity contribution in [2.75, 3.05) is 19.6 Å². The van der Waals surface area contributed by atoms with Crippen LogP contribution >= 0.6 is 12.4 Å². The zero-order valence-corrected chi connectivity index (χ0v) is 22.2. The van der Waals surface area contributed by atoms with Gasteiger partial charge in [0, 0.05) is 25.0 Å². The molecule has 1 aromatic heterocycles. The summed E-state index contributed by atoms with van der Waals surface area (Å²) in [6, 6.07) is 24.4. The van der Waals surface area contributed by atoms with Gasteiger partial charge in [-0.05, 0) is 78.1 Å². The van der Waals surface area contributed by atoms with Crippen molar-refractivity contribution in [3.8, 4) is 6.07 Å². The summed E-state index contributed by atoms with van der Waals surface area (Å²) in [5.74, 6) is 0.271. The number of nitrogens with zero attached hydrogens (tertiary/aromatic N) is 2. The molecule has 0 spiro atoms. The van der Waals surface area contributed by atoms with Crippen molar-refractivity contribution in [3.63, 3.8) is 0 Å². The quantitative estimate of drug-likeness (QED) is 0.296. The summed E-state index contributed by atoms with van der Waals surface area (Å²) in [6.07, 6.45) is 10.6. The fourth-order valence-electron chi connectivity index (χ4n) is 5.91. The number of aromatic amines is 1. The number of nitriles is 1. The zero-order chi connectivity index (χ0) is 24.3. The summed E-state index contributed by atoms with van der Waals surface area (Å²) in [4.78, 5) is 5.91. The average molecular weight is 498 g/mol. The van der Waals surface area contributed by atoms with Gasteiger partial charge >= 0.3 is 0 Å². The van der Waals surface area contributed by atoms with Gasteiger partial charge in [0.1, 0.15) is 0 Å². The molecule has 0 saturated carbocycles.